The highest BCUT2D eigenvalue weighted by atomic mass is 19.1. The molecule has 6 heteroatoms. The number of benzene rings is 2. The molecule has 2 aromatic rings. The maximum atomic E-state index is 13.2. The van der Waals surface area contributed by atoms with Crippen molar-refractivity contribution >= 4 is 11.8 Å². The third kappa shape index (κ3) is 4.03. The maximum absolute atomic E-state index is 13.2. The Morgan fingerprint density at radius 3 is 2.66 bits per heavy atom. The number of ether oxygens (including phenoxy) is 1. The predicted octanol–water partition coefficient (Wildman–Crippen LogP) is 2.92. The van der Waals surface area contributed by atoms with Crippen LogP contribution in [-0.2, 0) is 20.7 Å². The summed E-state index contributed by atoms with van der Waals surface area (Å²) in [6.07, 6.45) is 2.24. The van der Waals surface area contributed by atoms with E-state index in [-0.39, 0.29) is 23.7 Å². The minimum atomic E-state index is -0.782. The molecule has 4 rings (SSSR count). The van der Waals surface area contributed by atoms with E-state index < -0.39 is 5.41 Å². The molecular formula is C23H25FN2O3. The Bertz CT molecular complexity index is 909. The van der Waals surface area contributed by atoms with Gasteiger partial charge in [-0.15, -0.1) is 0 Å². The average Bonchev–Trinajstić information content (AvgIpc) is 3.39. The second-order valence-corrected chi connectivity index (χ2v) is 8.04. The van der Waals surface area contributed by atoms with Crippen LogP contribution in [0.2, 0.25) is 0 Å². The fourth-order valence-corrected chi connectivity index (χ4v) is 4.36. The number of primary amides is 1. The normalized spacial score (nSPS) is 24.0. The maximum Gasteiger partial charge on any atom is 0.251 e. The number of carbonyl (C=O) groups excluding carboxylic acids is 2. The lowest BCUT2D eigenvalue weighted by atomic mass is 9.79. The third-order valence-electron chi connectivity index (χ3n) is 6.04. The molecule has 2 saturated heterocycles. The first-order chi connectivity index (χ1) is 14.0. The Morgan fingerprint density at radius 2 is 1.97 bits per heavy atom. The molecule has 0 bridgehead atoms. The van der Waals surface area contributed by atoms with E-state index in [9.17, 15) is 14.0 Å². The molecule has 29 heavy (non-hydrogen) atoms. The molecule has 0 saturated carbocycles. The van der Waals surface area contributed by atoms with Crippen LogP contribution in [-0.4, -0.2) is 42.5 Å². The molecular weight excluding hydrogens is 371 g/mol. The van der Waals surface area contributed by atoms with Gasteiger partial charge in [0.1, 0.15) is 11.9 Å². The zero-order valence-corrected chi connectivity index (χ0v) is 16.3. The van der Waals surface area contributed by atoms with Crippen molar-refractivity contribution in [1.29, 1.82) is 0 Å². The van der Waals surface area contributed by atoms with Crippen LogP contribution in [0.25, 0.3) is 11.1 Å². The summed E-state index contributed by atoms with van der Waals surface area (Å²) in [5.41, 5.74) is 7.86. The second-order valence-electron chi connectivity index (χ2n) is 8.04. The van der Waals surface area contributed by atoms with E-state index in [4.69, 9.17) is 10.5 Å². The molecule has 5 nitrogen and oxygen atoms in total. The Balaban J connectivity index is 1.53. The molecule has 0 spiro atoms. The molecule has 0 aromatic heterocycles. The van der Waals surface area contributed by atoms with Crippen LogP contribution in [0.3, 0.4) is 0 Å². The highest BCUT2D eigenvalue weighted by Gasteiger charge is 2.46. The van der Waals surface area contributed by atoms with Gasteiger partial charge in [-0.2, -0.15) is 0 Å². The fraction of sp³-hybridized carbons (Fsp3) is 0.391. The minimum Gasteiger partial charge on any atom is -0.369 e. The van der Waals surface area contributed by atoms with Gasteiger partial charge in [0.25, 0.3) is 5.91 Å². The SMILES string of the molecule is NC(=O)[C@@]1(Cc2cccc(-c3ccc(F)cc3)c2)CCN(C(=O)[C@H]2CCCO2)C1. The molecule has 2 N–H and O–H groups in total. The van der Waals surface area contributed by atoms with Gasteiger partial charge in [0.2, 0.25) is 5.91 Å². The molecule has 0 radical (unpaired) electrons. The molecule has 2 aromatic carbocycles. The van der Waals surface area contributed by atoms with Gasteiger partial charge in [-0.3, -0.25) is 9.59 Å². The summed E-state index contributed by atoms with van der Waals surface area (Å²) in [5.74, 6) is -0.697. The number of nitrogens with two attached hydrogens (primary N) is 1. The quantitative estimate of drug-likeness (QED) is 0.845. The molecule has 0 unspecified atom stereocenters. The first kappa shape index (κ1) is 19.6. The molecule has 2 fully saturated rings. The van der Waals surface area contributed by atoms with Crippen LogP contribution < -0.4 is 5.73 Å². The molecule has 2 atom stereocenters. The van der Waals surface area contributed by atoms with Gasteiger partial charge in [-0.25, -0.2) is 4.39 Å². The monoisotopic (exact) mass is 396 g/mol. The Kier molecular flexibility index (Phi) is 5.37. The summed E-state index contributed by atoms with van der Waals surface area (Å²) in [5, 5.41) is 0. The zero-order chi connectivity index (χ0) is 20.4. The predicted molar refractivity (Wildman–Crippen MR) is 107 cm³/mol. The van der Waals surface area contributed by atoms with Crippen LogP contribution in [0.15, 0.2) is 48.5 Å². The highest BCUT2D eigenvalue weighted by Crippen LogP contribution is 2.36. The van der Waals surface area contributed by atoms with Gasteiger partial charge in [0.05, 0.1) is 5.41 Å². The molecule has 152 valence electrons. The zero-order valence-electron chi connectivity index (χ0n) is 16.3. The third-order valence-corrected chi connectivity index (χ3v) is 6.04. The van der Waals surface area contributed by atoms with E-state index >= 15 is 0 Å². The van der Waals surface area contributed by atoms with Gasteiger partial charge in [-0.1, -0.05) is 36.4 Å². The largest absolute Gasteiger partial charge is 0.369 e. The van der Waals surface area contributed by atoms with Crippen LogP contribution in [0.5, 0.6) is 0 Å². The number of rotatable bonds is 5. The summed E-state index contributed by atoms with van der Waals surface area (Å²) < 4.78 is 18.7. The van der Waals surface area contributed by atoms with Crippen molar-refractivity contribution in [2.75, 3.05) is 19.7 Å². The molecule has 2 heterocycles. The second kappa shape index (κ2) is 7.95. The summed E-state index contributed by atoms with van der Waals surface area (Å²) in [6.45, 7) is 1.45. The number of hydrogen-bond acceptors (Lipinski definition) is 3. The van der Waals surface area contributed by atoms with Gasteiger partial charge in [0.15, 0.2) is 0 Å². The van der Waals surface area contributed by atoms with E-state index in [1.165, 1.54) is 12.1 Å². The van der Waals surface area contributed by atoms with E-state index in [1.54, 1.807) is 17.0 Å². The standard InChI is InChI=1S/C23H25FN2O3/c24-19-8-6-17(7-9-19)18-4-1-3-16(13-18)14-23(22(25)28)10-11-26(15-23)21(27)20-5-2-12-29-20/h1,3-4,6-9,13,20H,2,5,10-12,14-15H2,(H2,25,28)/t20-,23-/m1/s1. The van der Waals surface area contributed by atoms with Gasteiger partial charge >= 0.3 is 0 Å². The number of halogens is 1. The lowest BCUT2D eigenvalue weighted by molar-refractivity contribution is -0.140. The van der Waals surface area contributed by atoms with E-state index in [2.05, 4.69) is 0 Å². The van der Waals surface area contributed by atoms with E-state index in [1.807, 2.05) is 24.3 Å². The highest BCUT2D eigenvalue weighted by molar-refractivity contribution is 5.86. The van der Waals surface area contributed by atoms with E-state index in [0.717, 1.165) is 29.5 Å². The van der Waals surface area contributed by atoms with Crippen LogP contribution in [0.4, 0.5) is 4.39 Å². The van der Waals surface area contributed by atoms with E-state index in [0.29, 0.717) is 32.5 Å². The molecule has 2 aliphatic rings. The Morgan fingerprint density at radius 1 is 1.17 bits per heavy atom. The van der Waals surface area contributed by atoms with Crippen molar-refractivity contribution in [1.82, 2.24) is 4.90 Å². The fourth-order valence-electron chi connectivity index (χ4n) is 4.36. The van der Waals surface area contributed by atoms with Gasteiger partial charge in [-0.05, 0) is 54.5 Å². The van der Waals surface area contributed by atoms with Gasteiger partial charge < -0.3 is 15.4 Å². The summed E-state index contributed by atoms with van der Waals surface area (Å²) >= 11 is 0. The molecule has 2 amide bonds. The minimum absolute atomic E-state index is 0.0364. The smallest absolute Gasteiger partial charge is 0.251 e. The van der Waals surface area contributed by atoms with Crippen molar-refractivity contribution < 1.29 is 18.7 Å². The van der Waals surface area contributed by atoms with Crippen LogP contribution >= 0.6 is 0 Å². The topological polar surface area (TPSA) is 72.6 Å². The van der Waals surface area contributed by atoms with Crippen molar-refractivity contribution in [3.8, 4) is 11.1 Å². The number of hydrogen-bond donors (Lipinski definition) is 1. The summed E-state index contributed by atoms with van der Waals surface area (Å²) in [4.78, 5) is 26.8. The van der Waals surface area contributed by atoms with Crippen molar-refractivity contribution in [2.24, 2.45) is 11.1 Å². The van der Waals surface area contributed by atoms with Crippen LogP contribution in [0.1, 0.15) is 24.8 Å². The molecule has 0 aliphatic carbocycles. The number of amides is 2. The van der Waals surface area contributed by atoms with Crippen molar-refractivity contribution in [3.05, 3.63) is 59.9 Å². The number of carbonyl (C=O) groups is 2. The van der Waals surface area contributed by atoms with Crippen molar-refractivity contribution in [3.63, 3.8) is 0 Å². The Hall–Kier alpha value is -2.73. The number of nitrogens with zero attached hydrogens (tertiary/aromatic N) is 1. The summed E-state index contributed by atoms with van der Waals surface area (Å²) in [6, 6.07) is 14.2. The number of likely N-dealkylation sites (tertiary alicyclic amines) is 1. The first-order valence-electron chi connectivity index (χ1n) is 10.0. The summed E-state index contributed by atoms with van der Waals surface area (Å²) in [7, 11) is 0. The van der Waals surface area contributed by atoms with Gasteiger partial charge in [0, 0.05) is 19.7 Å². The first-order valence-corrected chi connectivity index (χ1v) is 10.0. The lowest BCUT2D eigenvalue weighted by Gasteiger charge is -2.27. The lowest BCUT2D eigenvalue weighted by Crippen LogP contribution is -2.44. The average molecular weight is 396 g/mol. The Labute approximate surface area is 169 Å². The van der Waals surface area contributed by atoms with Crippen LogP contribution in [0, 0.1) is 11.2 Å². The molecule has 2 aliphatic heterocycles. The van der Waals surface area contributed by atoms with Crippen molar-refractivity contribution in [2.45, 2.75) is 31.8 Å².